The third-order valence-corrected chi connectivity index (χ3v) is 3.76. The fraction of sp³-hybridized carbons (Fsp3) is 0.316. The Kier molecular flexibility index (Phi) is 5.68. The number of nitrogens with one attached hydrogen (secondary N) is 1. The third-order valence-electron chi connectivity index (χ3n) is 3.76. The second-order valence-electron chi connectivity index (χ2n) is 6.03. The molecule has 5 nitrogen and oxygen atoms in total. The Hall–Kier alpha value is -2.69. The summed E-state index contributed by atoms with van der Waals surface area (Å²) in [5, 5.41) is 3.14. The van der Waals surface area contributed by atoms with Gasteiger partial charge in [0.05, 0.1) is 7.11 Å². The van der Waals surface area contributed by atoms with Crippen LogP contribution in [-0.2, 0) is 4.79 Å². The van der Waals surface area contributed by atoms with E-state index in [-0.39, 0.29) is 11.8 Å². The molecule has 0 aliphatic carbocycles. The number of nitrogens with two attached hydrogens (primary N) is 1. The molecule has 1 atom stereocenters. The Morgan fingerprint density at radius 1 is 1.08 bits per heavy atom. The van der Waals surface area contributed by atoms with Gasteiger partial charge in [-0.2, -0.15) is 0 Å². The van der Waals surface area contributed by atoms with Gasteiger partial charge in [0.25, 0.3) is 0 Å². The second kappa shape index (κ2) is 7.73. The van der Waals surface area contributed by atoms with Crippen molar-refractivity contribution in [3.63, 3.8) is 0 Å². The monoisotopic (exact) mass is 328 g/mol. The normalized spacial score (nSPS) is 11.9. The van der Waals surface area contributed by atoms with Gasteiger partial charge in [0.1, 0.15) is 23.3 Å². The number of ether oxygens (including phenoxy) is 2. The molecule has 3 N–H and O–H groups in total. The summed E-state index contributed by atoms with van der Waals surface area (Å²) < 4.78 is 11.1. The number of carbonyl (C=O) groups is 1. The molecular weight excluding hydrogens is 304 g/mol. The lowest BCUT2D eigenvalue weighted by molar-refractivity contribution is -0.119. The minimum absolute atomic E-state index is 0.110. The van der Waals surface area contributed by atoms with Crippen molar-refractivity contribution in [2.45, 2.75) is 26.8 Å². The molecule has 0 radical (unpaired) electrons. The average Bonchev–Trinajstić information content (AvgIpc) is 2.55. The molecule has 24 heavy (non-hydrogen) atoms. The van der Waals surface area contributed by atoms with Crippen LogP contribution in [0.25, 0.3) is 0 Å². The molecule has 0 spiro atoms. The fourth-order valence-corrected chi connectivity index (χ4v) is 2.36. The van der Waals surface area contributed by atoms with Crippen LogP contribution < -0.4 is 20.5 Å². The van der Waals surface area contributed by atoms with Crippen molar-refractivity contribution in [3.05, 3.63) is 48.0 Å². The zero-order valence-corrected chi connectivity index (χ0v) is 14.5. The zero-order valence-electron chi connectivity index (χ0n) is 14.5. The Labute approximate surface area is 142 Å². The molecule has 0 bridgehead atoms. The summed E-state index contributed by atoms with van der Waals surface area (Å²) in [6, 6.07) is 12.7. The summed E-state index contributed by atoms with van der Waals surface area (Å²) in [4.78, 5) is 11.5. The highest BCUT2D eigenvalue weighted by atomic mass is 16.5. The molecule has 2 aromatic rings. The summed E-state index contributed by atoms with van der Waals surface area (Å²) >= 11 is 0. The van der Waals surface area contributed by atoms with Crippen LogP contribution >= 0.6 is 0 Å². The van der Waals surface area contributed by atoms with Crippen molar-refractivity contribution in [2.24, 2.45) is 11.7 Å². The van der Waals surface area contributed by atoms with Gasteiger partial charge in [-0.1, -0.05) is 19.9 Å². The van der Waals surface area contributed by atoms with E-state index in [1.165, 1.54) is 0 Å². The van der Waals surface area contributed by atoms with Gasteiger partial charge in [0.2, 0.25) is 5.91 Å². The van der Waals surface area contributed by atoms with E-state index in [0.29, 0.717) is 11.5 Å². The maximum atomic E-state index is 11.5. The van der Waals surface area contributed by atoms with Crippen LogP contribution in [0.4, 0.5) is 5.69 Å². The number of amides is 1. The smallest absolute Gasteiger partial charge is 0.240 e. The highest BCUT2D eigenvalue weighted by molar-refractivity contribution is 5.83. The SMILES string of the molecule is COc1cc(Oc2ccc(N[C@@H](C(N)=O)C(C)C)cc2)ccc1C. The average molecular weight is 328 g/mol. The minimum atomic E-state index is -0.405. The molecule has 2 aromatic carbocycles. The molecule has 0 heterocycles. The van der Waals surface area contributed by atoms with Gasteiger partial charge in [-0.05, 0) is 48.7 Å². The van der Waals surface area contributed by atoms with Crippen LogP contribution in [0.1, 0.15) is 19.4 Å². The standard InChI is InChI=1S/C19H24N2O3/c1-12(2)18(19(20)22)21-14-6-9-15(10-7-14)24-16-8-5-13(3)17(11-16)23-4/h5-12,18,21H,1-4H3,(H2,20,22)/t18-/m1/s1. The summed E-state index contributed by atoms with van der Waals surface area (Å²) in [7, 11) is 1.64. The largest absolute Gasteiger partial charge is 0.496 e. The number of benzene rings is 2. The summed E-state index contributed by atoms with van der Waals surface area (Å²) in [6.45, 7) is 5.88. The van der Waals surface area contributed by atoms with Crippen LogP contribution in [0.2, 0.25) is 0 Å². The Bertz CT molecular complexity index is 696. The highest BCUT2D eigenvalue weighted by Crippen LogP contribution is 2.28. The maximum absolute atomic E-state index is 11.5. The first-order chi connectivity index (χ1) is 11.4. The highest BCUT2D eigenvalue weighted by Gasteiger charge is 2.18. The van der Waals surface area contributed by atoms with Gasteiger partial charge >= 0.3 is 0 Å². The van der Waals surface area contributed by atoms with E-state index in [0.717, 1.165) is 17.0 Å². The molecule has 0 saturated heterocycles. The fourth-order valence-electron chi connectivity index (χ4n) is 2.36. The third kappa shape index (κ3) is 4.41. The quantitative estimate of drug-likeness (QED) is 0.812. The van der Waals surface area contributed by atoms with Gasteiger partial charge < -0.3 is 20.5 Å². The lowest BCUT2D eigenvalue weighted by atomic mass is 10.0. The molecule has 0 saturated carbocycles. The van der Waals surface area contributed by atoms with Crippen molar-refractivity contribution in [1.29, 1.82) is 0 Å². The summed E-state index contributed by atoms with van der Waals surface area (Å²) in [5.41, 5.74) is 7.29. The first kappa shape index (κ1) is 17.7. The lowest BCUT2D eigenvalue weighted by Gasteiger charge is -2.20. The minimum Gasteiger partial charge on any atom is -0.496 e. The van der Waals surface area contributed by atoms with Gasteiger partial charge in [0.15, 0.2) is 0 Å². The molecule has 5 heteroatoms. The van der Waals surface area contributed by atoms with Crippen molar-refractivity contribution < 1.29 is 14.3 Å². The van der Waals surface area contributed by atoms with E-state index in [2.05, 4.69) is 5.32 Å². The topological polar surface area (TPSA) is 73.6 Å². The van der Waals surface area contributed by atoms with E-state index in [1.807, 2.05) is 63.2 Å². The van der Waals surface area contributed by atoms with Crippen LogP contribution in [0.3, 0.4) is 0 Å². The molecule has 1 amide bonds. The number of rotatable bonds is 7. The number of hydrogen-bond donors (Lipinski definition) is 2. The van der Waals surface area contributed by atoms with E-state index in [9.17, 15) is 4.79 Å². The van der Waals surface area contributed by atoms with Gasteiger partial charge in [-0.15, -0.1) is 0 Å². The van der Waals surface area contributed by atoms with Crippen molar-refractivity contribution in [3.8, 4) is 17.2 Å². The van der Waals surface area contributed by atoms with Crippen molar-refractivity contribution >= 4 is 11.6 Å². The molecule has 0 aliphatic heterocycles. The number of methoxy groups -OCH3 is 1. The number of hydrogen-bond acceptors (Lipinski definition) is 4. The summed E-state index contributed by atoms with van der Waals surface area (Å²) in [5.74, 6) is 1.93. The van der Waals surface area contributed by atoms with Gasteiger partial charge in [-0.25, -0.2) is 0 Å². The van der Waals surface area contributed by atoms with E-state index < -0.39 is 6.04 Å². The van der Waals surface area contributed by atoms with Crippen molar-refractivity contribution in [2.75, 3.05) is 12.4 Å². The number of aryl methyl sites for hydroxylation is 1. The van der Waals surface area contributed by atoms with E-state index in [1.54, 1.807) is 7.11 Å². The predicted molar refractivity (Wildman–Crippen MR) is 95.7 cm³/mol. The van der Waals surface area contributed by atoms with Gasteiger partial charge in [-0.3, -0.25) is 4.79 Å². The predicted octanol–water partition coefficient (Wildman–Crippen LogP) is 3.72. The Morgan fingerprint density at radius 3 is 2.25 bits per heavy atom. The number of primary amides is 1. The van der Waals surface area contributed by atoms with Gasteiger partial charge in [0, 0.05) is 11.8 Å². The molecule has 0 aromatic heterocycles. The van der Waals surface area contributed by atoms with Crippen molar-refractivity contribution in [1.82, 2.24) is 0 Å². The maximum Gasteiger partial charge on any atom is 0.240 e. The number of carbonyl (C=O) groups excluding carboxylic acids is 1. The van der Waals surface area contributed by atoms with Crippen LogP contribution in [0, 0.1) is 12.8 Å². The molecule has 0 fully saturated rings. The second-order valence-corrected chi connectivity index (χ2v) is 6.03. The number of anilines is 1. The van der Waals surface area contributed by atoms with Crippen LogP contribution in [0.5, 0.6) is 17.2 Å². The molecule has 128 valence electrons. The molecule has 0 unspecified atom stereocenters. The lowest BCUT2D eigenvalue weighted by Crippen LogP contribution is -2.39. The molecule has 0 aliphatic rings. The van der Waals surface area contributed by atoms with Crippen LogP contribution in [0.15, 0.2) is 42.5 Å². The first-order valence-corrected chi connectivity index (χ1v) is 7.89. The molecular formula is C19H24N2O3. The zero-order chi connectivity index (χ0) is 17.7. The Balaban J connectivity index is 2.08. The summed E-state index contributed by atoms with van der Waals surface area (Å²) in [6.07, 6.45) is 0. The van der Waals surface area contributed by atoms with E-state index in [4.69, 9.17) is 15.2 Å². The van der Waals surface area contributed by atoms with Crippen LogP contribution in [-0.4, -0.2) is 19.1 Å². The molecule has 2 rings (SSSR count). The first-order valence-electron chi connectivity index (χ1n) is 7.89. The van der Waals surface area contributed by atoms with E-state index >= 15 is 0 Å². The Morgan fingerprint density at radius 2 is 1.71 bits per heavy atom.